The van der Waals surface area contributed by atoms with Crippen molar-refractivity contribution in [2.75, 3.05) is 52.5 Å². The molecule has 2 aliphatic heterocycles. The van der Waals surface area contributed by atoms with E-state index in [1.165, 1.54) is 19.5 Å². The zero-order valence-electron chi connectivity index (χ0n) is 12.1. The Morgan fingerprint density at radius 3 is 2.26 bits per heavy atom. The molecule has 0 aromatic rings. The summed E-state index contributed by atoms with van der Waals surface area (Å²) in [6, 6.07) is 0.396. The molecule has 0 unspecified atom stereocenters. The molecule has 0 saturated carbocycles. The zero-order valence-corrected chi connectivity index (χ0v) is 12.1. The first-order valence-electron chi connectivity index (χ1n) is 7.53. The molecule has 2 heterocycles. The Bertz CT molecular complexity index is 272. The first kappa shape index (κ1) is 14.8. The largest absolute Gasteiger partial charge is 0.379 e. The number of carbonyl (C=O) groups is 1. The Morgan fingerprint density at radius 1 is 1.11 bits per heavy atom. The van der Waals surface area contributed by atoms with Crippen LogP contribution in [0.25, 0.3) is 0 Å². The lowest BCUT2D eigenvalue weighted by atomic mass is 10.0. The highest BCUT2D eigenvalue weighted by molar-refractivity contribution is 5.73. The van der Waals surface area contributed by atoms with E-state index < -0.39 is 0 Å². The van der Waals surface area contributed by atoms with Crippen molar-refractivity contribution in [3.05, 3.63) is 0 Å². The Morgan fingerprint density at radius 2 is 1.68 bits per heavy atom. The highest BCUT2D eigenvalue weighted by Crippen LogP contribution is 2.11. The monoisotopic (exact) mass is 269 g/mol. The molecule has 2 aliphatic rings. The molecule has 1 amide bonds. The number of hydrogen-bond donors (Lipinski definition) is 1. The third-order valence-corrected chi connectivity index (χ3v) is 4.05. The minimum Gasteiger partial charge on any atom is -0.379 e. The summed E-state index contributed by atoms with van der Waals surface area (Å²) in [5, 5.41) is 3.02. The van der Waals surface area contributed by atoms with E-state index in [9.17, 15) is 4.79 Å². The quantitative estimate of drug-likeness (QED) is 0.780. The van der Waals surface area contributed by atoms with Crippen LogP contribution < -0.4 is 5.32 Å². The molecule has 2 fully saturated rings. The van der Waals surface area contributed by atoms with Crippen LogP contribution in [-0.2, 0) is 9.53 Å². The van der Waals surface area contributed by atoms with Crippen LogP contribution in [0.3, 0.4) is 0 Å². The van der Waals surface area contributed by atoms with Crippen LogP contribution in [0.2, 0.25) is 0 Å². The van der Waals surface area contributed by atoms with Gasteiger partial charge in [0.05, 0.1) is 13.2 Å². The van der Waals surface area contributed by atoms with Gasteiger partial charge in [0.2, 0.25) is 5.91 Å². The Balaban J connectivity index is 1.54. The van der Waals surface area contributed by atoms with Crippen LogP contribution in [0.15, 0.2) is 0 Å². The molecule has 5 nitrogen and oxygen atoms in total. The lowest BCUT2D eigenvalue weighted by molar-refractivity contribution is -0.119. The molecule has 2 rings (SSSR count). The van der Waals surface area contributed by atoms with Gasteiger partial charge in [0.25, 0.3) is 0 Å². The summed E-state index contributed by atoms with van der Waals surface area (Å²) < 4.78 is 5.35. The molecule has 0 spiro atoms. The second-order valence-corrected chi connectivity index (χ2v) is 5.62. The van der Waals surface area contributed by atoms with Crippen molar-refractivity contribution in [1.82, 2.24) is 15.1 Å². The van der Waals surface area contributed by atoms with Gasteiger partial charge >= 0.3 is 0 Å². The van der Waals surface area contributed by atoms with Crippen molar-refractivity contribution >= 4 is 5.91 Å². The number of rotatable bonds is 5. The average Bonchev–Trinajstić information content (AvgIpc) is 2.41. The molecular weight excluding hydrogens is 242 g/mol. The molecule has 0 aromatic heterocycles. The summed E-state index contributed by atoms with van der Waals surface area (Å²) in [4.78, 5) is 16.0. The van der Waals surface area contributed by atoms with Crippen molar-refractivity contribution in [1.29, 1.82) is 0 Å². The van der Waals surface area contributed by atoms with Crippen LogP contribution in [0, 0.1) is 0 Å². The molecule has 1 N–H and O–H groups in total. The Labute approximate surface area is 116 Å². The first-order valence-corrected chi connectivity index (χ1v) is 7.53. The van der Waals surface area contributed by atoms with Crippen molar-refractivity contribution in [2.24, 2.45) is 0 Å². The molecule has 0 aromatic carbocycles. The minimum absolute atomic E-state index is 0.103. The highest BCUT2D eigenvalue weighted by Gasteiger charge is 2.19. The van der Waals surface area contributed by atoms with Crippen molar-refractivity contribution < 1.29 is 9.53 Å². The Hall–Kier alpha value is -0.650. The summed E-state index contributed by atoms with van der Waals surface area (Å²) in [5.74, 6) is 0.103. The summed E-state index contributed by atoms with van der Waals surface area (Å²) in [6.07, 6.45) is 3.43. The van der Waals surface area contributed by atoms with Gasteiger partial charge in [-0.1, -0.05) is 0 Å². The van der Waals surface area contributed by atoms with Crippen molar-refractivity contribution in [3.8, 4) is 0 Å². The van der Waals surface area contributed by atoms with E-state index in [1.54, 1.807) is 6.92 Å². The fourth-order valence-electron chi connectivity index (χ4n) is 2.93. The van der Waals surface area contributed by atoms with E-state index in [2.05, 4.69) is 15.1 Å². The summed E-state index contributed by atoms with van der Waals surface area (Å²) >= 11 is 0. The van der Waals surface area contributed by atoms with Gasteiger partial charge in [0, 0.05) is 39.1 Å². The molecular formula is C14H27N3O2. The van der Waals surface area contributed by atoms with E-state index in [4.69, 9.17) is 4.74 Å². The third-order valence-electron chi connectivity index (χ3n) is 4.05. The predicted molar refractivity (Wildman–Crippen MR) is 75.2 cm³/mol. The fraction of sp³-hybridized carbons (Fsp3) is 0.929. The molecule has 0 atom stereocenters. The van der Waals surface area contributed by atoms with Crippen LogP contribution in [0.4, 0.5) is 0 Å². The molecule has 19 heavy (non-hydrogen) atoms. The van der Waals surface area contributed by atoms with Gasteiger partial charge in [-0.25, -0.2) is 0 Å². The maximum atomic E-state index is 11.0. The second-order valence-electron chi connectivity index (χ2n) is 5.62. The standard InChI is InChI=1S/C14H27N3O2/c1-13(18)15-14-3-7-16(8-4-14)5-2-6-17-9-11-19-12-10-17/h14H,2-12H2,1H3,(H,15,18). The molecule has 0 radical (unpaired) electrons. The summed E-state index contributed by atoms with van der Waals surface area (Å²) in [7, 11) is 0. The lowest BCUT2D eigenvalue weighted by Gasteiger charge is -2.33. The van der Waals surface area contributed by atoms with E-state index >= 15 is 0 Å². The molecule has 110 valence electrons. The molecule has 0 bridgehead atoms. The highest BCUT2D eigenvalue weighted by atomic mass is 16.5. The predicted octanol–water partition coefficient (Wildman–Crippen LogP) is 0.309. The maximum absolute atomic E-state index is 11.0. The number of amides is 1. The number of morpholine rings is 1. The Kier molecular flexibility index (Phi) is 6.07. The van der Waals surface area contributed by atoms with Gasteiger partial charge in [0.15, 0.2) is 0 Å². The van der Waals surface area contributed by atoms with Crippen LogP contribution in [-0.4, -0.2) is 74.2 Å². The van der Waals surface area contributed by atoms with E-state index in [0.717, 1.165) is 52.2 Å². The number of carbonyl (C=O) groups excluding carboxylic acids is 1. The lowest BCUT2D eigenvalue weighted by Crippen LogP contribution is -2.45. The van der Waals surface area contributed by atoms with Crippen molar-refractivity contribution in [3.63, 3.8) is 0 Å². The normalized spacial score (nSPS) is 23.4. The second kappa shape index (κ2) is 7.82. The number of piperidine rings is 1. The van der Waals surface area contributed by atoms with Gasteiger partial charge < -0.3 is 15.0 Å². The topological polar surface area (TPSA) is 44.8 Å². The van der Waals surface area contributed by atoms with Crippen LogP contribution in [0.5, 0.6) is 0 Å². The number of nitrogens with one attached hydrogen (secondary N) is 1. The average molecular weight is 269 g/mol. The third kappa shape index (κ3) is 5.47. The van der Waals surface area contributed by atoms with E-state index in [-0.39, 0.29) is 5.91 Å². The van der Waals surface area contributed by atoms with Gasteiger partial charge in [-0.2, -0.15) is 0 Å². The first-order chi connectivity index (χ1) is 9.24. The summed E-state index contributed by atoms with van der Waals surface area (Å²) in [5.41, 5.74) is 0. The molecule has 5 heteroatoms. The smallest absolute Gasteiger partial charge is 0.217 e. The number of hydrogen-bond acceptors (Lipinski definition) is 4. The van der Waals surface area contributed by atoms with Crippen LogP contribution in [0.1, 0.15) is 26.2 Å². The number of ether oxygens (including phenoxy) is 1. The SMILES string of the molecule is CC(=O)NC1CCN(CCCN2CCOCC2)CC1. The summed E-state index contributed by atoms with van der Waals surface area (Å²) in [6.45, 7) is 10.2. The molecule has 0 aliphatic carbocycles. The van der Waals surface area contributed by atoms with E-state index in [0.29, 0.717) is 6.04 Å². The number of nitrogens with zero attached hydrogens (tertiary/aromatic N) is 2. The minimum atomic E-state index is 0.103. The van der Waals surface area contributed by atoms with Gasteiger partial charge in [-0.3, -0.25) is 9.69 Å². The molecule has 2 saturated heterocycles. The zero-order chi connectivity index (χ0) is 13.5. The number of likely N-dealkylation sites (tertiary alicyclic amines) is 1. The van der Waals surface area contributed by atoms with E-state index in [1.807, 2.05) is 0 Å². The van der Waals surface area contributed by atoms with Crippen molar-refractivity contribution in [2.45, 2.75) is 32.2 Å². The fourth-order valence-corrected chi connectivity index (χ4v) is 2.93. The maximum Gasteiger partial charge on any atom is 0.217 e. The van der Waals surface area contributed by atoms with Gasteiger partial charge in [-0.05, 0) is 32.4 Å². The van der Waals surface area contributed by atoms with Gasteiger partial charge in [0.1, 0.15) is 0 Å². The van der Waals surface area contributed by atoms with Gasteiger partial charge in [-0.15, -0.1) is 0 Å². The van der Waals surface area contributed by atoms with Crippen LogP contribution >= 0.6 is 0 Å².